The Morgan fingerprint density at radius 3 is 0.903 bits per heavy atom. The van der Waals surface area contributed by atoms with Gasteiger partial charge in [-0.05, 0) is 104 Å². The fourth-order valence-electron chi connectivity index (χ4n) is 9.06. The molecule has 6 aromatic rings. The summed E-state index contributed by atoms with van der Waals surface area (Å²) in [4.78, 5) is 39.1. The summed E-state index contributed by atoms with van der Waals surface area (Å²) < 4.78 is 55.8. The van der Waals surface area contributed by atoms with Gasteiger partial charge in [-0.2, -0.15) is 0 Å². The van der Waals surface area contributed by atoms with Crippen LogP contribution in [0.15, 0.2) is 72.8 Å². The third kappa shape index (κ3) is 12.7. The fraction of sp³-hybridized carbons (Fsp3) is 0.450. The largest absolute Gasteiger partial charge is 0.481 e. The van der Waals surface area contributed by atoms with Gasteiger partial charge in [-0.1, -0.05) is 117 Å². The van der Waals surface area contributed by atoms with E-state index in [2.05, 4.69) is 117 Å². The maximum atomic E-state index is 13.0. The molecule has 0 unspecified atom stereocenters. The van der Waals surface area contributed by atoms with Crippen LogP contribution in [0, 0.1) is 0 Å². The van der Waals surface area contributed by atoms with E-state index in [4.69, 9.17) is 42.6 Å². The van der Waals surface area contributed by atoms with Crippen molar-refractivity contribution in [1.29, 1.82) is 0 Å². The summed E-state index contributed by atoms with van der Waals surface area (Å²) in [6.07, 6.45) is 0. The predicted molar refractivity (Wildman–Crippen MR) is 280 cm³/mol. The van der Waals surface area contributed by atoms with Crippen molar-refractivity contribution in [2.45, 2.75) is 139 Å². The fourth-order valence-corrected chi connectivity index (χ4v) is 9.06. The maximum absolute atomic E-state index is 13.0. The number of carbonyl (C=O) groups is 3. The molecule has 0 N–H and O–H groups in total. The number of hydrogen-bond donors (Lipinski definition) is 0. The van der Waals surface area contributed by atoms with Gasteiger partial charge in [0.25, 0.3) is 0 Å². The van der Waals surface area contributed by atoms with Crippen LogP contribution in [-0.2, 0) is 98.7 Å². The van der Waals surface area contributed by atoms with E-state index in [1.165, 1.54) is 0 Å². The van der Waals surface area contributed by atoms with E-state index in [0.717, 1.165) is 49.0 Å². The van der Waals surface area contributed by atoms with Crippen molar-refractivity contribution < 1.29 is 57.0 Å². The number of fused-ring (bicyclic) bond motifs is 12. The summed E-state index contributed by atoms with van der Waals surface area (Å²) >= 11 is 0. The highest BCUT2D eigenvalue weighted by molar-refractivity contribution is 5.92. The highest BCUT2D eigenvalue weighted by atomic mass is 16.6. The standard InChI is InChI=1S/C60H72O12/c1-13-67-52(61)34-70-55-40-22-37-25-43(58(4,5)6)16-19-46(37)49(55)31-65-29-41-23-38-26-45(60(10,11)12)18-21-48(38)51(56(41)71-35-53(62)68-14-2)33-66-30-42-24-39-27-44(59(7,8)9)17-20-47(39)50(32-64-28-40)57(42)72-36-54(63)69-15-3/h16-27H,13-15,28-36H2,1-12H3. The number of carbonyl (C=O) groups excluding carboxylic acids is 3. The predicted octanol–water partition coefficient (Wildman–Crippen LogP) is 12.3. The van der Waals surface area contributed by atoms with Crippen LogP contribution in [-0.4, -0.2) is 57.5 Å². The van der Waals surface area contributed by atoms with Crippen LogP contribution < -0.4 is 14.2 Å². The van der Waals surface area contributed by atoms with Crippen molar-refractivity contribution in [3.63, 3.8) is 0 Å². The first-order chi connectivity index (χ1) is 34.2. The summed E-state index contributed by atoms with van der Waals surface area (Å²) in [5, 5.41) is 5.46. The number of benzene rings is 6. The molecule has 0 amide bonds. The molecule has 0 aliphatic carbocycles. The minimum absolute atomic E-state index is 0.0647. The average Bonchev–Trinajstić information content (AvgIpc) is 3.31. The lowest BCUT2D eigenvalue weighted by molar-refractivity contribution is -0.146. The zero-order chi connectivity index (χ0) is 52.0. The van der Waals surface area contributed by atoms with Crippen LogP contribution in [0.1, 0.15) is 133 Å². The first kappa shape index (κ1) is 53.6. The molecule has 72 heavy (non-hydrogen) atoms. The Kier molecular flexibility index (Phi) is 16.9. The number of esters is 3. The Bertz CT molecular complexity index is 2630. The second kappa shape index (κ2) is 22.7. The summed E-state index contributed by atoms with van der Waals surface area (Å²) in [7, 11) is 0. The molecule has 0 spiro atoms. The molecule has 12 heteroatoms. The zero-order valence-electron chi connectivity index (χ0n) is 44.3. The van der Waals surface area contributed by atoms with Crippen LogP contribution in [0.5, 0.6) is 17.2 Å². The van der Waals surface area contributed by atoms with Crippen molar-refractivity contribution >= 4 is 50.2 Å². The molecule has 0 fully saturated rings. The summed E-state index contributed by atoms with van der Waals surface area (Å²) in [6.45, 7) is 24.8. The lowest BCUT2D eigenvalue weighted by atomic mass is 9.85. The van der Waals surface area contributed by atoms with Crippen LogP contribution >= 0.6 is 0 Å². The minimum Gasteiger partial charge on any atom is -0.481 e. The van der Waals surface area contributed by atoms with Crippen LogP contribution in [0.3, 0.4) is 0 Å². The van der Waals surface area contributed by atoms with Crippen molar-refractivity contribution in [3.05, 3.63) is 123 Å². The van der Waals surface area contributed by atoms with E-state index in [0.29, 0.717) is 50.6 Å². The van der Waals surface area contributed by atoms with Gasteiger partial charge < -0.3 is 42.6 Å². The molecule has 1 aliphatic rings. The molecule has 7 rings (SSSR count). The van der Waals surface area contributed by atoms with Gasteiger partial charge in [-0.15, -0.1) is 0 Å². The molecule has 0 atom stereocenters. The molecule has 6 aromatic carbocycles. The van der Waals surface area contributed by atoms with Crippen LogP contribution in [0.2, 0.25) is 0 Å². The van der Waals surface area contributed by atoms with Crippen molar-refractivity contribution in [3.8, 4) is 17.2 Å². The van der Waals surface area contributed by atoms with Gasteiger partial charge in [0, 0.05) is 33.4 Å². The topological polar surface area (TPSA) is 134 Å². The Morgan fingerprint density at radius 2 is 0.667 bits per heavy atom. The minimum atomic E-state index is -0.515. The first-order valence-corrected chi connectivity index (χ1v) is 25.1. The second-order valence-electron chi connectivity index (χ2n) is 21.3. The van der Waals surface area contributed by atoms with E-state index in [-0.39, 0.29) is 95.5 Å². The lowest BCUT2D eigenvalue weighted by Crippen LogP contribution is -2.18. The number of hydrogen-bond acceptors (Lipinski definition) is 12. The van der Waals surface area contributed by atoms with E-state index >= 15 is 0 Å². The lowest BCUT2D eigenvalue weighted by Gasteiger charge is -2.24. The quantitative estimate of drug-likeness (QED) is 0.0853. The third-order valence-corrected chi connectivity index (χ3v) is 12.8. The SMILES string of the molecule is CCOC(=O)COc1c2cc3cc(C(C)(C)C)ccc3c1COCc1cc3cc(C(C)(C)C)ccc3c(c1OCC(=O)OCC)COCc1cc3cc(C(C)(C)C)ccc3c(c1OCC(=O)OCC)COC2. The van der Waals surface area contributed by atoms with Gasteiger partial charge >= 0.3 is 17.9 Å². The zero-order valence-corrected chi connectivity index (χ0v) is 44.3. The third-order valence-electron chi connectivity index (χ3n) is 12.8. The molecule has 0 radical (unpaired) electrons. The molecule has 1 aliphatic heterocycles. The summed E-state index contributed by atoms with van der Waals surface area (Å²) in [5.74, 6) is -0.229. The van der Waals surface area contributed by atoms with Crippen LogP contribution in [0.25, 0.3) is 32.3 Å². The van der Waals surface area contributed by atoms with E-state index in [9.17, 15) is 14.4 Å². The van der Waals surface area contributed by atoms with E-state index in [1.807, 2.05) is 18.2 Å². The smallest absolute Gasteiger partial charge is 0.344 e. The monoisotopic (exact) mass is 985 g/mol. The van der Waals surface area contributed by atoms with Gasteiger partial charge in [0.2, 0.25) is 0 Å². The summed E-state index contributed by atoms with van der Waals surface area (Å²) in [6, 6.07) is 25.2. The number of rotatable bonds is 12. The first-order valence-electron chi connectivity index (χ1n) is 25.1. The van der Waals surface area contributed by atoms with Gasteiger partial charge in [-0.25, -0.2) is 14.4 Å². The average molecular weight is 985 g/mol. The maximum Gasteiger partial charge on any atom is 0.344 e. The van der Waals surface area contributed by atoms with Crippen molar-refractivity contribution in [2.24, 2.45) is 0 Å². The second-order valence-corrected chi connectivity index (χ2v) is 21.3. The van der Waals surface area contributed by atoms with E-state index in [1.54, 1.807) is 20.8 Å². The Balaban J connectivity index is 1.50. The molecule has 384 valence electrons. The van der Waals surface area contributed by atoms with Crippen molar-refractivity contribution in [2.75, 3.05) is 39.6 Å². The highest BCUT2D eigenvalue weighted by Crippen LogP contribution is 2.41. The molecule has 1 heterocycles. The van der Waals surface area contributed by atoms with Crippen molar-refractivity contribution in [1.82, 2.24) is 0 Å². The van der Waals surface area contributed by atoms with Gasteiger partial charge in [0.1, 0.15) is 17.2 Å². The molecular weight excluding hydrogens is 913 g/mol. The Hall–Kier alpha value is -6.21. The summed E-state index contributed by atoms with van der Waals surface area (Å²) in [5.41, 5.74) is 7.13. The molecule has 0 saturated heterocycles. The Labute approximate surface area is 424 Å². The van der Waals surface area contributed by atoms with Gasteiger partial charge in [0.05, 0.1) is 59.5 Å². The van der Waals surface area contributed by atoms with Crippen LogP contribution in [0.4, 0.5) is 0 Å². The number of ether oxygens (including phenoxy) is 9. The molecule has 6 bridgehead atoms. The Morgan fingerprint density at radius 1 is 0.403 bits per heavy atom. The van der Waals surface area contributed by atoms with E-state index < -0.39 is 17.9 Å². The normalized spacial score (nSPS) is 13.8. The van der Waals surface area contributed by atoms with Gasteiger partial charge in [0.15, 0.2) is 19.8 Å². The van der Waals surface area contributed by atoms with Gasteiger partial charge in [-0.3, -0.25) is 0 Å². The molecule has 0 saturated carbocycles. The molecule has 0 aromatic heterocycles. The molecular formula is C60H72O12. The molecule has 12 nitrogen and oxygen atoms in total. The highest BCUT2D eigenvalue weighted by Gasteiger charge is 2.26.